The van der Waals surface area contributed by atoms with Crippen LogP contribution in [0.25, 0.3) is 0 Å². The van der Waals surface area contributed by atoms with Gasteiger partial charge in [-0.05, 0) is 62.1 Å². The van der Waals surface area contributed by atoms with Gasteiger partial charge in [-0.3, -0.25) is 0 Å². The van der Waals surface area contributed by atoms with E-state index in [0.29, 0.717) is 0 Å². The molecule has 0 aliphatic heterocycles. The van der Waals surface area contributed by atoms with E-state index >= 15 is 0 Å². The zero-order chi connectivity index (χ0) is 15.3. The van der Waals surface area contributed by atoms with E-state index < -0.39 is 19.2 Å². The third-order valence-electron chi connectivity index (χ3n) is 2.83. The minimum absolute atomic E-state index is 0. The Morgan fingerprint density at radius 2 is 1.14 bits per heavy atom. The van der Waals surface area contributed by atoms with E-state index in [-0.39, 0.29) is 17.1 Å². The molecule has 0 saturated heterocycles. The van der Waals surface area contributed by atoms with E-state index in [1.165, 1.54) is 0 Å². The second-order valence-electron chi connectivity index (χ2n) is 5.50. The summed E-state index contributed by atoms with van der Waals surface area (Å²) in [6, 6.07) is 0. The predicted octanol–water partition coefficient (Wildman–Crippen LogP) is 5.04. The zero-order valence-corrected chi connectivity index (χ0v) is 17.2. The quantitative estimate of drug-likeness (QED) is 0.562. The van der Waals surface area contributed by atoms with Crippen LogP contribution in [0.1, 0.15) is 0 Å². The molecule has 2 aliphatic rings. The average molecular weight is 420 g/mol. The van der Waals surface area contributed by atoms with Gasteiger partial charge in [-0.2, -0.15) is 45.8 Å². The van der Waals surface area contributed by atoms with Gasteiger partial charge in [0.05, 0.1) is 8.07 Å². The van der Waals surface area contributed by atoms with Gasteiger partial charge in [0.1, 0.15) is 0 Å². The van der Waals surface area contributed by atoms with Crippen LogP contribution in [0.2, 0.25) is 19.6 Å². The van der Waals surface area contributed by atoms with Crippen molar-refractivity contribution in [2.75, 3.05) is 0 Å². The molecule has 0 nitrogen and oxygen atoms in total. The molecule has 2 fully saturated rings. The van der Waals surface area contributed by atoms with Gasteiger partial charge >= 0.3 is 11.1 Å². The molecule has 0 spiro atoms. The molecule has 2 saturated carbocycles. The summed E-state index contributed by atoms with van der Waals surface area (Å²) < 4.78 is 0. The normalized spacial score (nSPS) is 20.7. The molecule has 0 heterocycles. The summed E-state index contributed by atoms with van der Waals surface area (Å²) in [6.45, 7) is 7.09. The van der Waals surface area contributed by atoms with Crippen molar-refractivity contribution < 1.29 is 17.1 Å². The Hall–Kier alpha value is 2.03. The molecule has 10 radical (unpaired) electrons. The van der Waals surface area contributed by atoms with E-state index in [2.05, 4.69) is 45.3 Å². The summed E-state index contributed by atoms with van der Waals surface area (Å²) >= 11 is 22.4. The Kier molecular flexibility index (Phi) is 11.8. The number of rotatable bonds is 3. The molecule has 0 unspecified atom stereocenters. The third-order valence-corrected chi connectivity index (χ3v) is 5.91. The van der Waals surface area contributed by atoms with Crippen LogP contribution in [0.5, 0.6) is 0 Å². The van der Waals surface area contributed by atoms with Crippen molar-refractivity contribution >= 4 is 65.0 Å². The molecule has 21 heavy (non-hydrogen) atoms. The summed E-state index contributed by atoms with van der Waals surface area (Å²) in [5.41, 5.74) is 0.550. The summed E-state index contributed by atoms with van der Waals surface area (Å²) in [5.74, 6) is 1.66. The maximum absolute atomic E-state index is 5.60. The van der Waals surface area contributed by atoms with Crippen LogP contribution in [0.15, 0.2) is 0 Å². The van der Waals surface area contributed by atoms with Crippen molar-refractivity contribution in [3.05, 3.63) is 62.1 Å². The van der Waals surface area contributed by atoms with Crippen LogP contribution in [0, 0.1) is 62.1 Å². The molecular weight excluding hydrogens is 404 g/mol. The van der Waals surface area contributed by atoms with E-state index in [0.717, 1.165) is 11.6 Å². The van der Waals surface area contributed by atoms with Gasteiger partial charge in [0, 0.05) is 17.1 Å². The van der Waals surface area contributed by atoms with Crippen LogP contribution >= 0.6 is 45.8 Å². The molecule has 114 valence electrons. The van der Waals surface area contributed by atoms with Crippen molar-refractivity contribution in [2.45, 2.75) is 19.6 Å². The number of halogens is 4. The number of hydrogen-bond acceptors (Lipinski definition) is 0. The zero-order valence-electron chi connectivity index (χ0n) is 12.1. The molecule has 0 N–H and O–H groups in total. The fourth-order valence-electron chi connectivity index (χ4n) is 1.63. The van der Waals surface area contributed by atoms with Crippen molar-refractivity contribution in [2.24, 2.45) is 0 Å². The first-order valence-electron chi connectivity index (χ1n) is 6.27. The molecule has 0 bridgehead atoms. The van der Waals surface area contributed by atoms with Crippen LogP contribution < -0.4 is 0 Å². The first kappa shape index (κ1) is 23.0. The van der Waals surface area contributed by atoms with Crippen LogP contribution in [0.3, 0.4) is 0 Å². The minimum atomic E-state index is -0.981. The van der Waals surface area contributed by atoms with Gasteiger partial charge in [-0.25, -0.2) is 0 Å². The Labute approximate surface area is 163 Å². The monoisotopic (exact) mass is 418 g/mol. The smallest absolute Gasteiger partial charge is 0.171 e. The summed E-state index contributed by atoms with van der Waals surface area (Å²) in [4.78, 5) is 0. The first-order chi connectivity index (χ1) is 9.21. The fraction of sp³-hybridized carbons (Fsp3) is 0.231. The van der Waals surface area contributed by atoms with Crippen molar-refractivity contribution in [1.29, 1.82) is 0 Å². The van der Waals surface area contributed by atoms with Crippen LogP contribution in [-0.4, -0.2) is 19.2 Å². The van der Waals surface area contributed by atoms with Gasteiger partial charge in [-0.15, -0.1) is 0 Å². The molecule has 0 aromatic rings. The van der Waals surface area contributed by atoms with E-state index in [9.17, 15) is 0 Å². The molecular formula is C13H16B2Cl4FeSi. The van der Waals surface area contributed by atoms with Gasteiger partial charge in [-0.1, -0.05) is 19.6 Å². The second-order valence-corrected chi connectivity index (χ2v) is 12.8. The maximum atomic E-state index is 5.60. The van der Waals surface area contributed by atoms with Crippen LogP contribution in [0.4, 0.5) is 0 Å². The summed E-state index contributed by atoms with van der Waals surface area (Å²) in [6.07, 6.45) is 14.1. The number of hydrogen-bond donors (Lipinski definition) is 0. The Morgan fingerprint density at radius 3 is 1.33 bits per heavy atom. The van der Waals surface area contributed by atoms with Gasteiger partial charge in [0.15, 0.2) is 0 Å². The van der Waals surface area contributed by atoms with E-state index in [4.69, 9.17) is 45.8 Å². The summed E-state index contributed by atoms with van der Waals surface area (Å²) in [5, 5.41) is 0. The third kappa shape index (κ3) is 8.61. The molecule has 2 rings (SSSR count). The standard InChI is InChI=1S/C8H13Si.C5H3B2Cl4.Fe/c1-9(2,3)8-6-4-5-7-8;8-6(9)4-1-2-5(3-4)7(10)11;/h4-7H,1-3H3;1-3H;. The molecule has 0 amide bonds. The average Bonchev–Trinajstić information content (AvgIpc) is 3.01. The Bertz CT molecular complexity index is 270. The van der Waals surface area contributed by atoms with E-state index in [1.807, 2.05) is 0 Å². The van der Waals surface area contributed by atoms with Crippen molar-refractivity contribution in [3.63, 3.8) is 0 Å². The minimum Gasteiger partial charge on any atom is -0.171 e. The molecule has 2 aliphatic carbocycles. The van der Waals surface area contributed by atoms with E-state index in [1.54, 1.807) is 24.8 Å². The molecule has 0 aromatic carbocycles. The van der Waals surface area contributed by atoms with Gasteiger partial charge in [0.25, 0.3) is 0 Å². The molecule has 0 atom stereocenters. The predicted molar refractivity (Wildman–Crippen MR) is 98.1 cm³/mol. The second kappa shape index (κ2) is 10.8. The first-order valence-corrected chi connectivity index (χ1v) is 11.5. The largest absolute Gasteiger partial charge is 0.358 e. The molecule has 0 aromatic heterocycles. The SMILES string of the molecule is C[Si](C)(C)[C]1[CH][CH][CH][CH]1.ClB(Cl)[C]1[CH][CH][C](B(Cl)Cl)[CH]1.[Fe]. The van der Waals surface area contributed by atoms with Crippen molar-refractivity contribution in [1.82, 2.24) is 0 Å². The van der Waals surface area contributed by atoms with Crippen LogP contribution in [-0.2, 0) is 17.1 Å². The van der Waals surface area contributed by atoms with Gasteiger partial charge < -0.3 is 0 Å². The fourth-order valence-corrected chi connectivity index (χ4v) is 3.36. The van der Waals surface area contributed by atoms with Crippen molar-refractivity contribution in [3.8, 4) is 0 Å². The topological polar surface area (TPSA) is 0 Å². The maximum Gasteiger partial charge on any atom is 0.358 e. The molecule has 8 heteroatoms. The summed E-state index contributed by atoms with van der Waals surface area (Å²) in [7, 11) is -0.981. The Balaban J connectivity index is 0.000000370. The van der Waals surface area contributed by atoms with Gasteiger partial charge in [0.2, 0.25) is 0 Å². The Morgan fingerprint density at radius 1 is 0.762 bits per heavy atom.